The average Bonchev–Trinajstić information content (AvgIpc) is 2.40. The summed E-state index contributed by atoms with van der Waals surface area (Å²) in [6, 6.07) is 7.71. The van der Waals surface area contributed by atoms with Gasteiger partial charge in [-0.2, -0.15) is 0 Å². The zero-order valence-corrected chi connectivity index (χ0v) is 12.3. The molecule has 0 fully saturated rings. The van der Waals surface area contributed by atoms with E-state index >= 15 is 0 Å². The maximum atomic E-state index is 6.01. The molecular formula is C14H15Cl2N3. The Morgan fingerprint density at radius 2 is 1.95 bits per heavy atom. The van der Waals surface area contributed by atoms with Crippen LogP contribution in [-0.4, -0.2) is 16.0 Å². The molecule has 0 unspecified atom stereocenters. The van der Waals surface area contributed by atoms with Gasteiger partial charge in [0.25, 0.3) is 0 Å². The number of hydrogen-bond donors (Lipinski definition) is 1. The number of benzene rings is 1. The number of halogens is 2. The van der Waals surface area contributed by atoms with Crippen LogP contribution in [0.4, 0.5) is 0 Å². The third-order valence-corrected chi connectivity index (χ3v) is 3.32. The molecule has 1 N–H and O–H groups in total. The number of rotatable bonds is 4. The molecule has 0 amide bonds. The minimum Gasteiger partial charge on any atom is -0.309 e. The van der Waals surface area contributed by atoms with E-state index < -0.39 is 0 Å². The summed E-state index contributed by atoms with van der Waals surface area (Å²) >= 11 is 11.9. The molecule has 0 bridgehead atoms. The molecule has 3 nitrogen and oxygen atoms in total. The Balaban J connectivity index is 2.24. The van der Waals surface area contributed by atoms with Crippen molar-refractivity contribution in [3.05, 3.63) is 46.2 Å². The lowest BCUT2D eigenvalue weighted by molar-refractivity contribution is 0.581. The summed E-state index contributed by atoms with van der Waals surface area (Å²) in [7, 11) is 0. The second-order valence-electron chi connectivity index (χ2n) is 4.54. The van der Waals surface area contributed by atoms with Crippen molar-refractivity contribution in [1.29, 1.82) is 0 Å². The predicted octanol–water partition coefficient (Wildman–Crippen LogP) is 3.95. The summed E-state index contributed by atoms with van der Waals surface area (Å²) in [5.41, 5.74) is 1.81. The third-order valence-electron chi connectivity index (χ3n) is 2.58. The fourth-order valence-corrected chi connectivity index (χ4v) is 1.88. The Hall–Kier alpha value is -1.16. The van der Waals surface area contributed by atoms with E-state index in [0.29, 0.717) is 28.5 Å². The first-order valence-corrected chi connectivity index (χ1v) is 6.82. The average molecular weight is 296 g/mol. The molecule has 19 heavy (non-hydrogen) atoms. The van der Waals surface area contributed by atoms with Gasteiger partial charge in [0.2, 0.25) is 0 Å². The third kappa shape index (κ3) is 3.90. The summed E-state index contributed by atoms with van der Waals surface area (Å²) in [4.78, 5) is 8.78. The molecule has 0 saturated carbocycles. The van der Waals surface area contributed by atoms with Gasteiger partial charge in [-0.25, -0.2) is 9.97 Å². The molecule has 0 radical (unpaired) electrons. The molecule has 0 atom stereocenters. The number of nitrogens with zero attached hydrogens (tertiary/aromatic N) is 2. The van der Waals surface area contributed by atoms with Crippen molar-refractivity contribution in [3.63, 3.8) is 0 Å². The Morgan fingerprint density at radius 1 is 1.16 bits per heavy atom. The van der Waals surface area contributed by atoms with Gasteiger partial charge in [-0.05, 0) is 24.3 Å². The normalized spacial score (nSPS) is 11.0. The van der Waals surface area contributed by atoms with Crippen molar-refractivity contribution in [2.75, 3.05) is 0 Å². The van der Waals surface area contributed by atoms with Crippen molar-refractivity contribution in [3.8, 4) is 11.4 Å². The Morgan fingerprint density at radius 3 is 2.63 bits per heavy atom. The largest absolute Gasteiger partial charge is 0.309 e. The van der Waals surface area contributed by atoms with Crippen LogP contribution in [0.1, 0.15) is 19.5 Å². The SMILES string of the molecule is CC(C)NCc1ccnc(-c2ccc(Cl)c(Cl)c2)n1. The fraction of sp³-hybridized carbons (Fsp3) is 0.286. The molecule has 2 aromatic rings. The Kier molecular flexibility index (Phi) is 4.75. The maximum absolute atomic E-state index is 6.01. The van der Waals surface area contributed by atoms with Crippen LogP contribution in [0, 0.1) is 0 Å². The van der Waals surface area contributed by atoms with Gasteiger partial charge in [-0.1, -0.05) is 37.0 Å². The molecule has 5 heteroatoms. The number of aromatic nitrogens is 2. The molecule has 100 valence electrons. The molecule has 0 spiro atoms. The lowest BCUT2D eigenvalue weighted by Gasteiger charge is -2.08. The Bertz CT molecular complexity index is 570. The first kappa shape index (κ1) is 14.3. The van der Waals surface area contributed by atoms with Crippen LogP contribution in [0.2, 0.25) is 10.0 Å². The summed E-state index contributed by atoms with van der Waals surface area (Å²) < 4.78 is 0. The van der Waals surface area contributed by atoms with E-state index in [1.54, 1.807) is 18.3 Å². The smallest absolute Gasteiger partial charge is 0.159 e. The van der Waals surface area contributed by atoms with Crippen molar-refractivity contribution >= 4 is 23.2 Å². The van der Waals surface area contributed by atoms with Gasteiger partial charge < -0.3 is 5.32 Å². The van der Waals surface area contributed by atoms with Crippen LogP contribution in [0.3, 0.4) is 0 Å². The van der Waals surface area contributed by atoms with E-state index in [-0.39, 0.29) is 0 Å². The lowest BCUT2D eigenvalue weighted by atomic mass is 10.2. The van der Waals surface area contributed by atoms with E-state index in [4.69, 9.17) is 23.2 Å². The van der Waals surface area contributed by atoms with E-state index in [2.05, 4.69) is 29.1 Å². The summed E-state index contributed by atoms with van der Waals surface area (Å²) in [5, 5.41) is 4.36. The zero-order chi connectivity index (χ0) is 13.8. The van der Waals surface area contributed by atoms with Gasteiger partial charge in [0.1, 0.15) is 0 Å². The molecule has 2 rings (SSSR count). The van der Waals surface area contributed by atoms with Crippen LogP contribution < -0.4 is 5.32 Å². The van der Waals surface area contributed by atoms with Crippen LogP contribution in [0.25, 0.3) is 11.4 Å². The first-order chi connectivity index (χ1) is 9.06. The maximum Gasteiger partial charge on any atom is 0.159 e. The van der Waals surface area contributed by atoms with E-state index in [9.17, 15) is 0 Å². The van der Waals surface area contributed by atoms with E-state index in [0.717, 1.165) is 11.3 Å². The molecule has 0 aliphatic rings. The highest BCUT2D eigenvalue weighted by Crippen LogP contribution is 2.26. The fourth-order valence-electron chi connectivity index (χ4n) is 1.58. The van der Waals surface area contributed by atoms with Gasteiger partial charge in [0.05, 0.1) is 15.7 Å². The van der Waals surface area contributed by atoms with Crippen molar-refractivity contribution in [2.24, 2.45) is 0 Å². The van der Waals surface area contributed by atoms with E-state index in [1.165, 1.54) is 0 Å². The monoisotopic (exact) mass is 295 g/mol. The van der Waals surface area contributed by atoms with Gasteiger partial charge in [0, 0.05) is 24.3 Å². The quantitative estimate of drug-likeness (QED) is 0.928. The van der Waals surface area contributed by atoms with Gasteiger partial charge in [-0.3, -0.25) is 0 Å². The molecule has 0 aliphatic heterocycles. The molecular weight excluding hydrogens is 281 g/mol. The molecule has 0 saturated heterocycles. The van der Waals surface area contributed by atoms with Crippen molar-refractivity contribution in [2.45, 2.75) is 26.4 Å². The van der Waals surface area contributed by atoms with Gasteiger partial charge in [0.15, 0.2) is 5.82 Å². The standard InChI is InChI=1S/C14H15Cl2N3/c1-9(2)18-8-11-5-6-17-14(19-11)10-3-4-12(15)13(16)7-10/h3-7,9,18H,8H2,1-2H3. The second kappa shape index (κ2) is 6.33. The lowest BCUT2D eigenvalue weighted by Crippen LogP contribution is -2.22. The summed E-state index contributed by atoms with van der Waals surface area (Å²) in [5.74, 6) is 0.654. The highest BCUT2D eigenvalue weighted by atomic mass is 35.5. The van der Waals surface area contributed by atoms with E-state index in [1.807, 2.05) is 12.1 Å². The number of nitrogens with one attached hydrogen (secondary N) is 1. The van der Waals surface area contributed by atoms with Gasteiger partial charge in [-0.15, -0.1) is 0 Å². The Labute approximate surface area is 123 Å². The second-order valence-corrected chi connectivity index (χ2v) is 5.35. The summed E-state index contributed by atoms with van der Waals surface area (Å²) in [6.45, 7) is 4.91. The summed E-state index contributed by atoms with van der Waals surface area (Å²) in [6.07, 6.45) is 1.75. The molecule has 0 aliphatic carbocycles. The molecule has 1 heterocycles. The highest BCUT2D eigenvalue weighted by molar-refractivity contribution is 6.42. The molecule has 1 aromatic carbocycles. The molecule has 1 aromatic heterocycles. The minimum atomic E-state index is 0.420. The highest BCUT2D eigenvalue weighted by Gasteiger charge is 2.06. The van der Waals surface area contributed by atoms with Crippen molar-refractivity contribution < 1.29 is 0 Å². The topological polar surface area (TPSA) is 37.8 Å². The predicted molar refractivity (Wildman–Crippen MR) is 79.5 cm³/mol. The minimum absolute atomic E-state index is 0.420. The van der Waals surface area contributed by atoms with Crippen molar-refractivity contribution in [1.82, 2.24) is 15.3 Å². The zero-order valence-electron chi connectivity index (χ0n) is 10.8. The van der Waals surface area contributed by atoms with Crippen LogP contribution in [0.15, 0.2) is 30.5 Å². The number of hydrogen-bond acceptors (Lipinski definition) is 3. The van der Waals surface area contributed by atoms with Crippen LogP contribution in [0.5, 0.6) is 0 Å². The van der Waals surface area contributed by atoms with Crippen LogP contribution >= 0.6 is 23.2 Å². The first-order valence-electron chi connectivity index (χ1n) is 6.07. The van der Waals surface area contributed by atoms with Gasteiger partial charge >= 0.3 is 0 Å². The van der Waals surface area contributed by atoms with Crippen LogP contribution in [-0.2, 0) is 6.54 Å².